The largest absolute Gasteiger partial charge is 0.497 e. The molecule has 0 aromatic heterocycles. The second-order valence-electron chi connectivity index (χ2n) is 3.81. The van der Waals surface area contributed by atoms with E-state index in [-0.39, 0.29) is 5.75 Å². The van der Waals surface area contributed by atoms with Crippen molar-refractivity contribution >= 4 is 17.8 Å². The molecule has 1 aromatic carbocycles. The van der Waals surface area contributed by atoms with Gasteiger partial charge in [-0.1, -0.05) is 0 Å². The van der Waals surface area contributed by atoms with Crippen molar-refractivity contribution in [2.24, 2.45) is 0 Å². The van der Waals surface area contributed by atoms with Crippen molar-refractivity contribution < 1.29 is 33.7 Å². The molecule has 0 saturated heterocycles. The van der Waals surface area contributed by atoms with Crippen molar-refractivity contribution in [2.45, 2.75) is 12.5 Å². The number of benzene rings is 1. The Labute approximate surface area is 113 Å². The molecule has 0 aliphatic rings. The number of nitrogens with one attached hydrogen (secondary N) is 1. The molecule has 108 valence electrons. The fourth-order valence-electron chi connectivity index (χ4n) is 1.42. The second-order valence-corrected chi connectivity index (χ2v) is 3.81. The minimum atomic E-state index is -1.64. The molecule has 0 fully saturated rings. The quantitative estimate of drug-likeness (QED) is 0.701. The first-order valence-electron chi connectivity index (χ1n) is 5.44. The van der Waals surface area contributed by atoms with Crippen LogP contribution in [0.3, 0.4) is 0 Å². The first-order valence-corrected chi connectivity index (χ1v) is 5.44. The number of carboxylic acid groups (broad SMARTS) is 2. The number of carbonyl (C=O) groups excluding carboxylic acids is 1. The Morgan fingerprint density at radius 1 is 1.35 bits per heavy atom. The topological polar surface area (TPSA) is 113 Å². The highest BCUT2D eigenvalue weighted by atomic mass is 19.1. The molecule has 1 aromatic rings. The van der Waals surface area contributed by atoms with E-state index in [4.69, 9.17) is 14.9 Å². The zero-order chi connectivity index (χ0) is 15.3. The van der Waals surface area contributed by atoms with E-state index >= 15 is 0 Å². The van der Waals surface area contributed by atoms with Crippen LogP contribution >= 0.6 is 0 Å². The van der Waals surface area contributed by atoms with Gasteiger partial charge in [0.2, 0.25) is 0 Å². The molecule has 0 aliphatic heterocycles. The van der Waals surface area contributed by atoms with Gasteiger partial charge in [0, 0.05) is 6.07 Å². The Kier molecular flexibility index (Phi) is 5.01. The molecular weight excluding hydrogens is 273 g/mol. The summed E-state index contributed by atoms with van der Waals surface area (Å²) in [4.78, 5) is 33.0. The van der Waals surface area contributed by atoms with Crippen LogP contribution in [0.5, 0.6) is 5.75 Å². The molecule has 1 atom stereocenters. The molecule has 8 heteroatoms. The summed E-state index contributed by atoms with van der Waals surface area (Å²) in [7, 11) is 1.32. The van der Waals surface area contributed by atoms with E-state index in [2.05, 4.69) is 0 Å². The second kappa shape index (κ2) is 6.50. The van der Waals surface area contributed by atoms with Crippen molar-refractivity contribution in [2.75, 3.05) is 7.11 Å². The van der Waals surface area contributed by atoms with Crippen LogP contribution in [0.1, 0.15) is 16.8 Å². The van der Waals surface area contributed by atoms with E-state index in [0.29, 0.717) is 0 Å². The van der Waals surface area contributed by atoms with Crippen LogP contribution in [0.4, 0.5) is 4.39 Å². The van der Waals surface area contributed by atoms with Crippen molar-refractivity contribution in [3.63, 3.8) is 0 Å². The lowest BCUT2D eigenvalue weighted by Crippen LogP contribution is -2.42. The van der Waals surface area contributed by atoms with Gasteiger partial charge in [-0.2, -0.15) is 0 Å². The molecule has 20 heavy (non-hydrogen) atoms. The Hall–Kier alpha value is -2.64. The molecule has 1 amide bonds. The third kappa shape index (κ3) is 3.94. The standard InChI is InChI=1S/C12H12FNO6/c1-20-6-2-3-7(8(13)4-6)11(17)14-9(12(18)19)5-10(15)16/h2-4,9H,5H2,1H3,(H,14,17)(H,15,16)(H,18,19). The van der Waals surface area contributed by atoms with Gasteiger partial charge in [-0.3, -0.25) is 9.59 Å². The maximum Gasteiger partial charge on any atom is 0.326 e. The molecule has 0 heterocycles. The van der Waals surface area contributed by atoms with E-state index in [1.165, 1.54) is 13.2 Å². The van der Waals surface area contributed by atoms with Gasteiger partial charge in [-0.05, 0) is 12.1 Å². The van der Waals surface area contributed by atoms with Crippen molar-refractivity contribution in [1.82, 2.24) is 5.32 Å². The lowest BCUT2D eigenvalue weighted by atomic mass is 10.1. The van der Waals surface area contributed by atoms with E-state index in [0.717, 1.165) is 12.1 Å². The van der Waals surface area contributed by atoms with E-state index in [9.17, 15) is 18.8 Å². The number of hydrogen-bond donors (Lipinski definition) is 3. The van der Waals surface area contributed by atoms with Gasteiger partial charge < -0.3 is 20.3 Å². The number of methoxy groups -OCH3 is 1. The summed E-state index contributed by atoms with van der Waals surface area (Å²) in [5.74, 6) is -4.64. The van der Waals surface area contributed by atoms with Crippen LogP contribution in [0.25, 0.3) is 0 Å². The molecule has 0 radical (unpaired) electrons. The summed E-state index contributed by atoms with van der Waals surface area (Å²) in [5.41, 5.74) is -0.401. The molecule has 1 rings (SSSR count). The van der Waals surface area contributed by atoms with Gasteiger partial charge in [0.25, 0.3) is 5.91 Å². The number of hydrogen-bond acceptors (Lipinski definition) is 4. The third-order valence-electron chi connectivity index (χ3n) is 2.40. The highest BCUT2D eigenvalue weighted by Crippen LogP contribution is 2.16. The first kappa shape index (κ1) is 15.4. The lowest BCUT2D eigenvalue weighted by molar-refractivity contribution is -0.145. The van der Waals surface area contributed by atoms with Crippen molar-refractivity contribution in [3.05, 3.63) is 29.6 Å². The van der Waals surface area contributed by atoms with Gasteiger partial charge in [-0.25, -0.2) is 9.18 Å². The van der Waals surface area contributed by atoms with Gasteiger partial charge in [0.05, 0.1) is 19.1 Å². The fourth-order valence-corrected chi connectivity index (χ4v) is 1.42. The SMILES string of the molecule is COc1ccc(C(=O)NC(CC(=O)O)C(=O)O)c(F)c1. The highest BCUT2D eigenvalue weighted by Gasteiger charge is 2.24. The summed E-state index contributed by atoms with van der Waals surface area (Å²) in [6.07, 6.45) is -0.807. The molecule has 1 unspecified atom stereocenters. The zero-order valence-electron chi connectivity index (χ0n) is 10.4. The van der Waals surface area contributed by atoms with Crippen LogP contribution < -0.4 is 10.1 Å². The Morgan fingerprint density at radius 2 is 2.00 bits per heavy atom. The molecule has 0 bridgehead atoms. The van der Waals surface area contributed by atoms with Crippen LogP contribution in [0.15, 0.2) is 18.2 Å². The van der Waals surface area contributed by atoms with Crippen molar-refractivity contribution in [1.29, 1.82) is 0 Å². The molecule has 0 aliphatic carbocycles. The molecular formula is C12H12FNO6. The van der Waals surface area contributed by atoms with Gasteiger partial charge in [-0.15, -0.1) is 0 Å². The number of carbonyl (C=O) groups is 3. The molecule has 3 N–H and O–H groups in total. The average Bonchev–Trinajstić information content (AvgIpc) is 2.36. The van der Waals surface area contributed by atoms with Crippen LogP contribution in [-0.4, -0.2) is 41.2 Å². The smallest absolute Gasteiger partial charge is 0.326 e. The first-order chi connectivity index (χ1) is 9.35. The normalized spacial score (nSPS) is 11.5. The summed E-state index contributed by atoms with van der Waals surface area (Å²) in [5, 5.41) is 19.3. The Bertz CT molecular complexity index is 545. The number of rotatable bonds is 6. The number of halogens is 1. The number of aliphatic carboxylic acids is 2. The van der Waals surface area contributed by atoms with Gasteiger partial charge in [0.15, 0.2) is 0 Å². The Balaban J connectivity index is 2.89. The fraction of sp³-hybridized carbons (Fsp3) is 0.250. The van der Waals surface area contributed by atoms with Crippen molar-refractivity contribution in [3.8, 4) is 5.75 Å². The zero-order valence-corrected chi connectivity index (χ0v) is 10.4. The summed E-state index contributed by atoms with van der Waals surface area (Å²) < 4.78 is 18.4. The van der Waals surface area contributed by atoms with E-state index in [1.54, 1.807) is 0 Å². The minimum absolute atomic E-state index is 0.194. The highest BCUT2D eigenvalue weighted by molar-refractivity contribution is 5.97. The Morgan fingerprint density at radius 3 is 2.45 bits per heavy atom. The summed E-state index contributed by atoms with van der Waals surface area (Å²) in [6.45, 7) is 0. The van der Waals surface area contributed by atoms with Gasteiger partial charge >= 0.3 is 11.9 Å². The monoisotopic (exact) mass is 285 g/mol. The van der Waals surface area contributed by atoms with Crippen LogP contribution in [0.2, 0.25) is 0 Å². The summed E-state index contributed by atoms with van der Waals surface area (Å²) >= 11 is 0. The molecule has 7 nitrogen and oxygen atoms in total. The predicted molar refractivity (Wildman–Crippen MR) is 64.1 cm³/mol. The van der Waals surface area contributed by atoms with Gasteiger partial charge in [0.1, 0.15) is 17.6 Å². The summed E-state index contributed by atoms with van der Waals surface area (Å²) in [6, 6.07) is 1.76. The van der Waals surface area contributed by atoms with E-state index in [1.807, 2.05) is 5.32 Å². The number of amides is 1. The lowest BCUT2D eigenvalue weighted by Gasteiger charge is -2.13. The maximum absolute atomic E-state index is 13.6. The van der Waals surface area contributed by atoms with Crippen LogP contribution in [0, 0.1) is 5.82 Å². The minimum Gasteiger partial charge on any atom is -0.497 e. The average molecular weight is 285 g/mol. The molecule has 0 saturated carbocycles. The molecule has 0 spiro atoms. The number of ether oxygens (including phenoxy) is 1. The third-order valence-corrected chi connectivity index (χ3v) is 2.40. The maximum atomic E-state index is 13.6. The number of carboxylic acids is 2. The van der Waals surface area contributed by atoms with E-state index < -0.39 is 41.7 Å². The van der Waals surface area contributed by atoms with Crippen LogP contribution in [-0.2, 0) is 9.59 Å². The predicted octanol–water partition coefficient (Wildman–Crippen LogP) is 0.492.